The third kappa shape index (κ3) is 5.03. The minimum atomic E-state index is 0.773. The zero-order valence-corrected chi connectivity index (χ0v) is 20.5. The van der Waals surface area contributed by atoms with Crippen molar-refractivity contribution >= 4 is 13.3 Å². The normalized spacial score (nSPS) is 10.8. The van der Waals surface area contributed by atoms with E-state index in [0.717, 1.165) is 16.6 Å². The molecule has 0 nitrogen and oxygen atoms in total. The summed E-state index contributed by atoms with van der Waals surface area (Å²) >= 11 is 0. The number of rotatable bonds is 5. The second kappa shape index (κ2) is 10.2. The molecule has 0 aromatic heterocycles. The van der Waals surface area contributed by atoms with Crippen molar-refractivity contribution in [3.05, 3.63) is 152 Å². The predicted octanol–water partition coefficient (Wildman–Crippen LogP) is 8.82. The van der Waals surface area contributed by atoms with E-state index < -0.39 is 0 Å². The van der Waals surface area contributed by atoms with Crippen LogP contribution >= 0.6 is 0 Å². The van der Waals surface area contributed by atoms with E-state index in [1.807, 2.05) is 18.2 Å². The van der Waals surface area contributed by atoms with Gasteiger partial charge in [0.1, 0.15) is 7.85 Å². The molecule has 0 saturated carbocycles. The fourth-order valence-corrected chi connectivity index (χ4v) is 4.84. The molecule has 0 amide bonds. The number of hydrogen-bond acceptors (Lipinski definition) is 0. The van der Waals surface area contributed by atoms with Gasteiger partial charge in [0.05, 0.1) is 0 Å². The molecule has 0 N–H and O–H groups in total. The quantitative estimate of drug-likeness (QED) is 0.222. The van der Waals surface area contributed by atoms with Crippen molar-refractivity contribution in [1.82, 2.24) is 0 Å². The summed E-state index contributed by atoms with van der Waals surface area (Å²) in [6.45, 7) is 0. The van der Waals surface area contributed by atoms with E-state index in [9.17, 15) is 0 Å². The Labute approximate surface area is 220 Å². The van der Waals surface area contributed by atoms with E-state index in [-0.39, 0.29) is 0 Å². The summed E-state index contributed by atoms with van der Waals surface area (Å²) in [5.74, 6) is 0. The lowest BCUT2D eigenvalue weighted by Crippen LogP contribution is -2.00. The lowest BCUT2D eigenvalue weighted by molar-refractivity contribution is 1.55. The van der Waals surface area contributed by atoms with Crippen LogP contribution in [0.2, 0.25) is 0 Å². The third-order valence-electron chi connectivity index (χ3n) is 6.78. The molecular formula is C36H25B. The Balaban J connectivity index is 1.45. The van der Waals surface area contributed by atoms with Gasteiger partial charge in [-0.2, -0.15) is 0 Å². The third-order valence-corrected chi connectivity index (χ3v) is 6.78. The molecule has 0 spiro atoms. The van der Waals surface area contributed by atoms with Gasteiger partial charge in [0, 0.05) is 0 Å². The zero-order valence-electron chi connectivity index (χ0n) is 20.5. The Kier molecular flexibility index (Phi) is 6.27. The van der Waals surface area contributed by atoms with Gasteiger partial charge in [0.2, 0.25) is 0 Å². The van der Waals surface area contributed by atoms with Crippen LogP contribution in [0.1, 0.15) is 0 Å². The van der Waals surface area contributed by atoms with Gasteiger partial charge in [-0.05, 0) is 79.9 Å². The highest BCUT2D eigenvalue weighted by Crippen LogP contribution is 2.35. The van der Waals surface area contributed by atoms with Gasteiger partial charge < -0.3 is 0 Å². The van der Waals surface area contributed by atoms with Crippen LogP contribution in [0.5, 0.6) is 0 Å². The van der Waals surface area contributed by atoms with Crippen LogP contribution in [-0.4, -0.2) is 7.85 Å². The van der Waals surface area contributed by atoms with Crippen molar-refractivity contribution in [2.45, 2.75) is 0 Å². The molecule has 6 aromatic carbocycles. The van der Waals surface area contributed by atoms with Crippen molar-refractivity contribution < 1.29 is 0 Å². The Morgan fingerprint density at radius 3 is 1.11 bits per heavy atom. The van der Waals surface area contributed by atoms with Crippen LogP contribution in [0, 0.1) is 0 Å². The highest BCUT2D eigenvalue weighted by Gasteiger charge is 2.09. The molecule has 0 saturated heterocycles. The molecule has 0 aliphatic rings. The maximum absolute atomic E-state index is 6.06. The zero-order chi connectivity index (χ0) is 25.0. The number of hydrogen-bond donors (Lipinski definition) is 0. The van der Waals surface area contributed by atoms with Gasteiger partial charge >= 0.3 is 0 Å². The summed E-state index contributed by atoms with van der Waals surface area (Å²) in [6.07, 6.45) is 0. The molecular weight excluding hydrogens is 443 g/mol. The van der Waals surface area contributed by atoms with E-state index in [1.165, 1.54) is 44.5 Å². The van der Waals surface area contributed by atoms with Crippen molar-refractivity contribution in [2.24, 2.45) is 0 Å². The molecule has 0 fully saturated rings. The van der Waals surface area contributed by atoms with Crippen LogP contribution in [0.3, 0.4) is 0 Å². The van der Waals surface area contributed by atoms with Gasteiger partial charge in [0.15, 0.2) is 0 Å². The summed E-state index contributed by atoms with van der Waals surface area (Å²) in [6, 6.07) is 53.6. The standard InChI is InChI=1S/C36H25B/c37-36-16-8-15-32(25-36)30-13-7-14-31(21-30)35-23-33(27-11-5-2-6-12-27)22-34(24-35)29-19-17-28(18-20-29)26-9-3-1-4-10-26/h1-25H. The second-order valence-corrected chi connectivity index (χ2v) is 9.31. The first kappa shape index (κ1) is 22.8. The lowest BCUT2D eigenvalue weighted by atomic mass is 9.90. The molecule has 2 radical (unpaired) electrons. The average Bonchev–Trinajstić information content (AvgIpc) is 2.98. The SMILES string of the molecule is [B]c1cccc(-c2cccc(-c3cc(-c4ccccc4)cc(-c4ccc(-c5ccccc5)cc4)c3)c2)c1. The van der Waals surface area contributed by atoms with Crippen molar-refractivity contribution in [3.8, 4) is 55.6 Å². The molecule has 37 heavy (non-hydrogen) atoms. The highest BCUT2D eigenvalue weighted by atomic mass is 14.1. The Bertz CT molecular complexity index is 1650. The van der Waals surface area contributed by atoms with Crippen molar-refractivity contribution in [3.63, 3.8) is 0 Å². The van der Waals surface area contributed by atoms with Crippen LogP contribution in [0.15, 0.2) is 152 Å². The number of benzene rings is 6. The molecule has 6 aromatic rings. The van der Waals surface area contributed by atoms with E-state index in [4.69, 9.17) is 7.85 Å². The molecule has 0 aliphatic carbocycles. The molecule has 6 rings (SSSR count). The van der Waals surface area contributed by atoms with Gasteiger partial charge in [-0.1, -0.05) is 133 Å². The van der Waals surface area contributed by atoms with E-state index in [0.29, 0.717) is 0 Å². The highest BCUT2D eigenvalue weighted by molar-refractivity contribution is 6.32. The first-order chi connectivity index (χ1) is 18.2. The Morgan fingerprint density at radius 2 is 0.568 bits per heavy atom. The first-order valence-corrected chi connectivity index (χ1v) is 12.6. The van der Waals surface area contributed by atoms with Gasteiger partial charge in [0.25, 0.3) is 0 Å². The van der Waals surface area contributed by atoms with Crippen LogP contribution in [-0.2, 0) is 0 Å². The lowest BCUT2D eigenvalue weighted by Gasteiger charge is -2.13. The fraction of sp³-hybridized carbons (Fsp3) is 0. The summed E-state index contributed by atoms with van der Waals surface area (Å²) in [5.41, 5.74) is 12.7. The maximum atomic E-state index is 6.06. The van der Waals surface area contributed by atoms with Crippen molar-refractivity contribution in [2.75, 3.05) is 0 Å². The van der Waals surface area contributed by atoms with Crippen molar-refractivity contribution in [1.29, 1.82) is 0 Å². The maximum Gasteiger partial charge on any atom is 0.113 e. The van der Waals surface area contributed by atoms with Crippen LogP contribution in [0.4, 0.5) is 0 Å². The minimum Gasteiger partial charge on any atom is -0.0961 e. The summed E-state index contributed by atoms with van der Waals surface area (Å²) in [7, 11) is 6.06. The molecule has 0 aliphatic heterocycles. The largest absolute Gasteiger partial charge is 0.113 e. The molecule has 0 heterocycles. The predicted molar refractivity (Wildman–Crippen MR) is 159 cm³/mol. The smallest absolute Gasteiger partial charge is 0.0961 e. The molecule has 0 bridgehead atoms. The molecule has 1 heteroatoms. The first-order valence-electron chi connectivity index (χ1n) is 12.6. The van der Waals surface area contributed by atoms with Gasteiger partial charge in [-0.15, -0.1) is 0 Å². The average molecular weight is 468 g/mol. The Hall–Kier alpha value is -4.62. The van der Waals surface area contributed by atoms with Gasteiger partial charge in [-0.25, -0.2) is 0 Å². The second-order valence-electron chi connectivity index (χ2n) is 9.31. The van der Waals surface area contributed by atoms with Crippen LogP contribution < -0.4 is 5.46 Å². The van der Waals surface area contributed by atoms with Gasteiger partial charge in [-0.3, -0.25) is 0 Å². The topological polar surface area (TPSA) is 0 Å². The Morgan fingerprint density at radius 1 is 0.243 bits per heavy atom. The fourth-order valence-electron chi connectivity index (χ4n) is 4.84. The van der Waals surface area contributed by atoms with E-state index in [1.54, 1.807) is 0 Å². The summed E-state index contributed by atoms with van der Waals surface area (Å²) in [5, 5.41) is 0. The molecule has 0 atom stereocenters. The molecule has 0 unspecified atom stereocenters. The van der Waals surface area contributed by atoms with Crippen LogP contribution in [0.25, 0.3) is 55.6 Å². The monoisotopic (exact) mass is 468 g/mol. The summed E-state index contributed by atoms with van der Waals surface area (Å²) in [4.78, 5) is 0. The molecule has 172 valence electrons. The minimum absolute atomic E-state index is 0.773. The van der Waals surface area contributed by atoms with E-state index >= 15 is 0 Å². The summed E-state index contributed by atoms with van der Waals surface area (Å²) < 4.78 is 0. The van der Waals surface area contributed by atoms with E-state index in [2.05, 4.69) is 133 Å².